The lowest BCUT2D eigenvalue weighted by atomic mass is 9.82. The van der Waals surface area contributed by atoms with Gasteiger partial charge in [-0.15, -0.1) is 0 Å². The fourth-order valence-electron chi connectivity index (χ4n) is 4.97. The molecule has 2 fully saturated rings. The Labute approximate surface area is 221 Å². The lowest BCUT2D eigenvalue weighted by Gasteiger charge is -2.45. The highest BCUT2D eigenvalue weighted by Crippen LogP contribution is 2.36. The Bertz CT molecular complexity index is 1340. The van der Waals surface area contributed by atoms with E-state index >= 15 is 0 Å². The van der Waals surface area contributed by atoms with Crippen molar-refractivity contribution in [3.63, 3.8) is 0 Å². The topological polar surface area (TPSA) is 114 Å². The van der Waals surface area contributed by atoms with Gasteiger partial charge < -0.3 is 30.8 Å². The summed E-state index contributed by atoms with van der Waals surface area (Å²) < 4.78 is 24.5. The molecular weight excluding hydrogens is 485 g/mol. The van der Waals surface area contributed by atoms with Gasteiger partial charge in [0.2, 0.25) is 5.91 Å². The number of ether oxygens (including phenoxy) is 2. The van der Waals surface area contributed by atoms with Gasteiger partial charge in [0.15, 0.2) is 0 Å². The van der Waals surface area contributed by atoms with Gasteiger partial charge >= 0.3 is 0 Å². The minimum Gasteiger partial charge on any atom is -0.457 e. The second-order valence-corrected chi connectivity index (χ2v) is 10.4. The van der Waals surface area contributed by atoms with E-state index in [-0.39, 0.29) is 29.5 Å². The number of benzene rings is 2. The van der Waals surface area contributed by atoms with Crippen molar-refractivity contribution in [3.05, 3.63) is 72.2 Å². The largest absolute Gasteiger partial charge is 0.457 e. The summed E-state index contributed by atoms with van der Waals surface area (Å²) in [6.07, 6.45) is 3.23. The van der Waals surface area contributed by atoms with E-state index in [0.717, 1.165) is 18.5 Å². The molecule has 3 heterocycles. The molecule has 2 aliphatic heterocycles. The Kier molecular flexibility index (Phi) is 7.03. The van der Waals surface area contributed by atoms with Crippen LogP contribution in [0.2, 0.25) is 0 Å². The molecule has 5 rings (SSSR count). The van der Waals surface area contributed by atoms with Gasteiger partial charge in [-0.25, -0.2) is 9.37 Å². The normalized spacial score (nSPS) is 20.3. The molecule has 0 radical (unpaired) electrons. The minimum absolute atomic E-state index is 0.0990. The van der Waals surface area contributed by atoms with Gasteiger partial charge in [-0.3, -0.25) is 4.79 Å². The van der Waals surface area contributed by atoms with Crippen LogP contribution in [-0.2, 0) is 9.53 Å². The average Bonchev–Trinajstić information content (AvgIpc) is 2.89. The maximum absolute atomic E-state index is 13.5. The van der Waals surface area contributed by atoms with Gasteiger partial charge in [-0.2, -0.15) is 0 Å². The zero-order valence-electron chi connectivity index (χ0n) is 21.5. The molecule has 0 saturated carbocycles. The van der Waals surface area contributed by atoms with Crippen molar-refractivity contribution in [2.24, 2.45) is 11.3 Å². The van der Waals surface area contributed by atoms with Crippen LogP contribution in [0.3, 0.4) is 0 Å². The lowest BCUT2D eigenvalue weighted by molar-refractivity contribution is -0.172. The van der Waals surface area contributed by atoms with Crippen LogP contribution in [0, 0.1) is 22.6 Å². The molecule has 38 heavy (non-hydrogen) atoms. The molecule has 198 valence electrons. The van der Waals surface area contributed by atoms with Crippen molar-refractivity contribution in [3.8, 4) is 11.5 Å². The van der Waals surface area contributed by atoms with Crippen LogP contribution in [0.4, 0.5) is 21.6 Å². The van der Waals surface area contributed by atoms with Gasteiger partial charge in [0.1, 0.15) is 23.1 Å². The highest BCUT2D eigenvalue weighted by molar-refractivity contribution is 6.07. The van der Waals surface area contributed by atoms with Crippen LogP contribution in [0.15, 0.2) is 60.8 Å². The van der Waals surface area contributed by atoms with Gasteiger partial charge in [0.25, 0.3) is 0 Å². The second-order valence-electron chi connectivity index (χ2n) is 10.4. The number of hydrogen-bond acceptors (Lipinski definition) is 7. The number of nitrogens with two attached hydrogens (primary N) is 1. The maximum Gasteiger partial charge on any atom is 0.233 e. The number of nitrogens with zero attached hydrogens (tertiary/aromatic N) is 2. The highest BCUT2D eigenvalue weighted by atomic mass is 19.1. The van der Waals surface area contributed by atoms with Crippen molar-refractivity contribution in [1.82, 2.24) is 9.88 Å². The summed E-state index contributed by atoms with van der Waals surface area (Å²) >= 11 is 0. The Morgan fingerprint density at radius 2 is 1.95 bits per heavy atom. The molecule has 2 aromatic carbocycles. The van der Waals surface area contributed by atoms with Crippen LogP contribution in [0.5, 0.6) is 11.5 Å². The van der Waals surface area contributed by atoms with E-state index in [1.165, 1.54) is 12.1 Å². The molecule has 9 heteroatoms. The van der Waals surface area contributed by atoms with E-state index in [0.29, 0.717) is 48.2 Å². The first kappa shape index (κ1) is 25.7. The third kappa shape index (κ3) is 5.19. The molecule has 0 spiro atoms. The number of amides is 1. The van der Waals surface area contributed by atoms with Crippen LogP contribution < -0.4 is 15.8 Å². The molecule has 3 aromatic rings. The zero-order chi connectivity index (χ0) is 26.9. The number of rotatable bonds is 7. The molecule has 2 atom stereocenters. The number of anilines is 3. The van der Waals surface area contributed by atoms with Gasteiger partial charge in [0.05, 0.1) is 24.3 Å². The van der Waals surface area contributed by atoms with Gasteiger partial charge in [-0.05, 0) is 69.2 Å². The second kappa shape index (κ2) is 10.4. The summed E-state index contributed by atoms with van der Waals surface area (Å²) in [4.78, 5) is 19.4. The van der Waals surface area contributed by atoms with Crippen LogP contribution >= 0.6 is 0 Å². The Hall–Kier alpha value is -3.98. The van der Waals surface area contributed by atoms with Crippen LogP contribution in [0.25, 0.3) is 0 Å². The number of carbonyl (C=O) groups is 1. The number of pyridine rings is 1. The smallest absolute Gasteiger partial charge is 0.233 e. The molecule has 0 bridgehead atoms. The SMILES string of the molecule is CC1CCC(C(=N)c2ccnc(N)c2Nc2ccc(Oc3cccc(F)c3)cc2)CN1C(=O)C1(C)COC1. The van der Waals surface area contributed by atoms with E-state index in [1.54, 1.807) is 36.5 Å². The average molecular weight is 518 g/mol. The van der Waals surface area contributed by atoms with E-state index in [2.05, 4.69) is 17.2 Å². The first-order valence-electron chi connectivity index (χ1n) is 12.8. The van der Waals surface area contributed by atoms with E-state index in [4.69, 9.17) is 20.6 Å². The number of likely N-dealkylation sites (tertiary alicyclic amines) is 1. The van der Waals surface area contributed by atoms with Crippen molar-refractivity contribution in [1.29, 1.82) is 5.41 Å². The van der Waals surface area contributed by atoms with Crippen LogP contribution in [-0.4, -0.2) is 47.3 Å². The fraction of sp³-hybridized carbons (Fsp3) is 0.345. The lowest BCUT2D eigenvalue weighted by Crippen LogP contribution is -2.58. The highest BCUT2D eigenvalue weighted by Gasteiger charge is 2.46. The van der Waals surface area contributed by atoms with E-state index < -0.39 is 5.41 Å². The molecule has 2 saturated heterocycles. The zero-order valence-corrected chi connectivity index (χ0v) is 21.5. The third-order valence-corrected chi connectivity index (χ3v) is 7.33. The summed E-state index contributed by atoms with van der Waals surface area (Å²) in [5.41, 5.74) is 8.14. The number of piperidine rings is 1. The molecule has 2 unspecified atom stereocenters. The monoisotopic (exact) mass is 517 g/mol. The third-order valence-electron chi connectivity index (χ3n) is 7.33. The first-order chi connectivity index (χ1) is 18.2. The fourth-order valence-corrected chi connectivity index (χ4v) is 4.97. The summed E-state index contributed by atoms with van der Waals surface area (Å²) in [5.74, 6) is 0.856. The Morgan fingerprint density at radius 3 is 2.63 bits per heavy atom. The molecule has 1 aromatic heterocycles. The molecule has 0 aliphatic carbocycles. The minimum atomic E-state index is -0.475. The number of halogens is 1. The van der Waals surface area contributed by atoms with Crippen molar-refractivity contribution in [2.75, 3.05) is 30.8 Å². The van der Waals surface area contributed by atoms with E-state index in [1.807, 2.05) is 24.0 Å². The maximum atomic E-state index is 13.5. The summed E-state index contributed by atoms with van der Waals surface area (Å²) in [6, 6.07) is 15.0. The first-order valence-corrected chi connectivity index (χ1v) is 12.8. The molecule has 1 amide bonds. The van der Waals surface area contributed by atoms with Gasteiger partial charge in [0, 0.05) is 47.7 Å². The quantitative estimate of drug-likeness (QED) is 0.363. The Morgan fingerprint density at radius 1 is 1.18 bits per heavy atom. The summed E-state index contributed by atoms with van der Waals surface area (Å²) in [7, 11) is 0. The Balaban J connectivity index is 1.32. The predicted octanol–water partition coefficient (Wildman–Crippen LogP) is 5.37. The van der Waals surface area contributed by atoms with Gasteiger partial charge in [-0.1, -0.05) is 6.07 Å². The molecule has 4 N–H and O–H groups in total. The molecule has 2 aliphatic rings. The van der Waals surface area contributed by atoms with Crippen molar-refractivity contribution >= 4 is 28.8 Å². The number of aromatic nitrogens is 1. The standard InChI is InChI=1S/C29H32FN5O3/c1-18-6-7-19(15-35(18)28(36)29(2)16-37-17-29)25(31)24-12-13-33-27(32)26(24)34-21-8-10-22(11-9-21)38-23-5-3-4-20(30)14-23/h3-5,8-14,18-19,31,34H,6-7,15-17H2,1-2H3,(H2,32,33). The van der Waals surface area contributed by atoms with Crippen molar-refractivity contribution < 1.29 is 18.7 Å². The number of carbonyl (C=O) groups excluding carboxylic acids is 1. The summed E-state index contributed by atoms with van der Waals surface area (Å²) in [6.45, 7) is 5.39. The van der Waals surface area contributed by atoms with E-state index in [9.17, 15) is 9.18 Å². The number of nitrogen functional groups attached to an aromatic ring is 1. The molecular formula is C29H32FN5O3. The predicted molar refractivity (Wildman–Crippen MR) is 145 cm³/mol. The summed E-state index contributed by atoms with van der Waals surface area (Å²) in [5, 5.41) is 12.4. The number of nitrogens with one attached hydrogen (secondary N) is 2. The van der Waals surface area contributed by atoms with Crippen LogP contribution in [0.1, 0.15) is 32.3 Å². The number of hydrogen-bond donors (Lipinski definition) is 3. The van der Waals surface area contributed by atoms with Crippen molar-refractivity contribution in [2.45, 2.75) is 32.7 Å². The molecule has 8 nitrogen and oxygen atoms in total.